The molecule has 0 aliphatic carbocycles. The van der Waals surface area contributed by atoms with Gasteiger partial charge in [-0.25, -0.2) is 0 Å². The van der Waals surface area contributed by atoms with Gasteiger partial charge < -0.3 is 0 Å². The largest absolute Gasteiger partial charge is 0.0588 e. The van der Waals surface area contributed by atoms with Crippen LogP contribution in [-0.4, -0.2) is 0 Å². The molecule has 2 rings (SSSR count). The van der Waals surface area contributed by atoms with E-state index < -0.39 is 0 Å². The van der Waals surface area contributed by atoms with Crippen LogP contribution in [0, 0.1) is 34.6 Å². The summed E-state index contributed by atoms with van der Waals surface area (Å²) in [6, 6.07) is 11.5. The van der Waals surface area contributed by atoms with E-state index in [1.165, 1.54) is 38.9 Å². The lowest BCUT2D eigenvalue weighted by atomic mass is 9.87. The van der Waals surface area contributed by atoms with E-state index in [9.17, 15) is 0 Å². The predicted octanol–water partition coefficient (Wildman–Crippen LogP) is 5.38. The van der Waals surface area contributed by atoms with Gasteiger partial charge in [0.05, 0.1) is 0 Å². The SMILES string of the molecule is Cc1ccc(C(C)c2cc(C)c(C)cc2C)cc1C. The summed E-state index contributed by atoms with van der Waals surface area (Å²) in [7, 11) is 0. The lowest BCUT2D eigenvalue weighted by Gasteiger charge is -2.18. The van der Waals surface area contributed by atoms with E-state index in [0.717, 1.165) is 0 Å². The Morgan fingerprint density at radius 1 is 0.632 bits per heavy atom. The summed E-state index contributed by atoms with van der Waals surface area (Å²) in [5.74, 6) is 0.457. The zero-order chi connectivity index (χ0) is 14.2. The quantitative estimate of drug-likeness (QED) is 0.673. The van der Waals surface area contributed by atoms with Gasteiger partial charge in [0.25, 0.3) is 0 Å². The average molecular weight is 252 g/mol. The van der Waals surface area contributed by atoms with Gasteiger partial charge in [-0.2, -0.15) is 0 Å². The van der Waals surface area contributed by atoms with Crippen molar-refractivity contribution in [3.63, 3.8) is 0 Å². The highest BCUT2D eigenvalue weighted by atomic mass is 14.2. The van der Waals surface area contributed by atoms with Crippen LogP contribution in [0.4, 0.5) is 0 Å². The van der Waals surface area contributed by atoms with E-state index in [2.05, 4.69) is 71.9 Å². The minimum Gasteiger partial charge on any atom is -0.0588 e. The first-order valence-corrected chi connectivity index (χ1v) is 7.05. The number of aryl methyl sites for hydroxylation is 5. The highest BCUT2D eigenvalue weighted by Crippen LogP contribution is 2.29. The molecule has 1 unspecified atom stereocenters. The number of hydrogen-bond donors (Lipinski definition) is 0. The van der Waals surface area contributed by atoms with Crippen molar-refractivity contribution in [2.75, 3.05) is 0 Å². The first kappa shape index (κ1) is 13.9. The molecule has 0 N–H and O–H groups in total. The van der Waals surface area contributed by atoms with Gasteiger partial charge in [-0.05, 0) is 73.6 Å². The fourth-order valence-electron chi connectivity index (χ4n) is 2.66. The van der Waals surface area contributed by atoms with Gasteiger partial charge in [0.15, 0.2) is 0 Å². The van der Waals surface area contributed by atoms with Crippen molar-refractivity contribution in [3.8, 4) is 0 Å². The van der Waals surface area contributed by atoms with Crippen molar-refractivity contribution >= 4 is 0 Å². The number of rotatable bonds is 2. The fraction of sp³-hybridized carbons (Fsp3) is 0.368. The van der Waals surface area contributed by atoms with Crippen LogP contribution in [-0.2, 0) is 0 Å². The molecule has 1 atom stereocenters. The zero-order valence-corrected chi connectivity index (χ0v) is 13.0. The van der Waals surface area contributed by atoms with Crippen molar-refractivity contribution in [2.45, 2.75) is 47.5 Å². The van der Waals surface area contributed by atoms with Crippen molar-refractivity contribution < 1.29 is 0 Å². The van der Waals surface area contributed by atoms with E-state index in [1.54, 1.807) is 0 Å². The summed E-state index contributed by atoms with van der Waals surface area (Å²) < 4.78 is 0. The molecule has 19 heavy (non-hydrogen) atoms. The van der Waals surface area contributed by atoms with Crippen molar-refractivity contribution in [1.29, 1.82) is 0 Å². The van der Waals surface area contributed by atoms with E-state index >= 15 is 0 Å². The van der Waals surface area contributed by atoms with Crippen molar-refractivity contribution in [1.82, 2.24) is 0 Å². The summed E-state index contributed by atoms with van der Waals surface area (Å²) in [5.41, 5.74) is 9.78. The van der Waals surface area contributed by atoms with E-state index in [4.69, 9.17) is 0 Å². The molecule has 0 aliphatic rings. The molecule has 0 radical (unpaired) electrons. The molecular weight excluding hydrogens is 228 g/mol. The molecule has 2 aromatic rings. The Kier molecular flexibility index (Phi) is 3.80. The molecule has 0 saturated heterocycles. The third-order valence-electron chi connectivity index (χ3n) is 4.38. The molecular formula is C19H24. The monoisotopic (exact) mass is 252 g/mol. The van der Waals surface area contributed by atoms with Gasteiger partial charge in [0.2, 0.25) is 0 Å². The predicted molar refractivity (Wildman–Crippen MR) is 84.1 cm³/mol. The Hall–Kier alpha value is -1.56. The Labute approximate surface area is 117 Å². The van der Waals surface area contributed by atoms with E-state index in [-0.39, 0.29) is 0 Å². The molecule has 0 aromatic heterocycles. The van der Waals surface area contributed by atoms with Crippen LogP contribution >= 0.6 is 0 Å². The maximum Gasteiger partial charge on any atom is 0.00638 e. The van der Waals surface area contributed by atoms with Crippen molar-refractivity contribution in [2.24, 2.45) is 0 Å². The van der Waals surface area contributed by atoms with Crippen LogP contribution in [0.2, 0.25) is 0 Å². The second-order valence-electron chi connectivity index (χ2n) is 5.86. The van der Waals surface area contributed by atoms with Gasteiger partial charge >= 0.3 is 0 Å². The minimum absolute atomic E-state index is 0.457. The lowest BCUT2D eigenvalue weighted by Crippen LogP contribution is -2.01. The maximum atomic E-state index is 2.35. The summed E-state index contributed by atoms with van der Waals surface area (Å²) in [6.45, 7) is 13.3. The van der Waals surface area contributed by atoms with Gasteiger partial charge in [0.1, 0.15) is 0 Å². The Balaban J connectivity index is 2.46. The second kappa shape index (κ2) is 5.21. The molecule has 0 fully saturated rings. The lowest BCUT2D eigenvalue weighted by molar-refractivity contribution is 0.902. The Bertz CT molecular complexity index is 606. The first-order valence-electron chi connectivity index (χ1n) is 7.05. The van der Waals surface area contributed by atoms with Crippen LogP contribution in [0.15, 0.2) is 30.3 Å². The summed E-state index contributed by atoms with van der Waals surface area (Å²) >= 11 is 0. The molecule has 2 aromatic carbocycles. The topological polar surface area (TPSA) is 0 Å². The second-order valence-corrected chi connectivity index (χ2v) is 5.86. The summed E-state index contributed by atoms with van der Waals surface area (Å²) in [4.78, 5) is 0. The fourth-order valence-corrected chi connectivity index (χ4v) is 2.66. The van der Waals surface area contributed by atoms with Crippen LogP contribution in [0.1, 0.15) is 51.8 Å². The molecule has 0 aliphatic heterocycles. The molecule has 0 heterocycles. The van der Waals surface area contributed by atoms with Gasteiger partial charge in [0, 0.05) is 5.92 Å². The van der Waals surface area contributed by atoms with Gasteiger partial charge in [-0.3, -0.25) is 0 Å². The minimum atomic E-state index is 0.457. The smallest absolute Gasteiger partial charge is 0.00638 e. The van der Waals surface area contributed by atoms with Crippen molar-refractivity contribution in [3.05, 3.63) is 69.3 Å². The molecule has 0 amide bonds. The van der Waals surface area contributed by atoms with Crippen LogP contribution in [0.5, 0.6) is 0 Å². The van der Waals surface area contributed by atoms with Crippen LogP contribution < -0.4 is 0 Å². The average Bonchev–Trinajstić information content (AvgIpc) is 2.36. The van der Waals surface area contributed by atoms with E-state index in [1.807, 2.05) is 0 Å². The molecule has 100 valence electrons. The molecule has 0 bridgehead atoms. The Morgan fingerprint density at radius 3 is 1.84 bits per heavy atom. The molecule has 0 nitrogen and oxygen atoms in total. The molecule has 0 saturated carbocycles. The highest BCUT2D eigenvalue weighted by molar-refractivity contribution is 5.43. The van der Waals surface area contributed by atoms with E-state index in [0.29, 0.717) is 5.92 Å². The first-order chi connectivity index (χ1) is 8.90. The maximum absolute atomic E-state index is 2.35. The third-order valence-corrected chi connectivity index (χ3v) is 4.38. The van der Waals surface area contributed by atoms with Crippen LogP contribution in [0.3, 0.4) is 0 Å². The van der Waals surface area contributed by atoms with Gasteiger partial charge in [-0.1, -0.05) is 37.3 Å². The Morgan fingerprint density at radius 2 is 1.21 bits per heavy atom. The third kappa shape index (κ3) is 2.73. The number of benzene rings is 2. The zero-order valence-electron chi connectivity index (χ0n) is 13.0. The molecule has 0 spiro atoms. The molecule has 0 heteroatoms. The summed E-state index contributed by atoms with van der Waals surface area (Å²) in [6.07, 6.45) is 0. The highest BCUT2D eigenvalue weighted by Gasteiger charge is 2.12. The summed E-state index contributed by atoms with van der Waals surface area (Å²) in [5, 5.41) is 0. The number of hydrogen-bond acceptors (Lipinski definition) is 0. The standard InChI is InChI=1S/C19H24/c1-12-7-8-18(10-14(12)3)17(6)19-11-15(4)13(2)9-16(19)5/h7-11,17H,1-6H3. The van der Waals surface area contributed by atoms with Gasteiger partial charge in [-0.15, -0.1) is 0 Å². The normalized spacial score (nSPS) is 12.5. The van der Waals surface area contributed by atoms with Crippen LogP contribution in [0.25, 0.3) is 0 Å².